The number of amides is 1. The molecule has 0 fully saturated rings. The minimum Gasteiger partial charge on any atom is -0.471 e. The molecular weight excluding hydrogens is 314 g/mol. The molecule has 0 saturated carbocycles. The Morgan fingerprint density at radius 2 is 1.84 bits per heavy atom. The van der Waals surface area contributed by atoms with E-state index in [2.05, 4.69) is 17.3 Å². The van der Waals surface area contributed by atoms with Gasteiger partial charge in [0.1, 0.15) is 5.75 Å². The number of benzene rings is 2. The van der Waals surface area contributed by atoms with E-state index in [9.17, 15) is 4.79 Å². The molecule has 1 N–H and O–H groups in total. The molecule has 0 aliphatic rings. The highest BCUT2D eigenvalue weighted by Gasteiger charge is 2.07. The summed E-state index contributed by atoms with van der Waals surface area (Å²) in [6.45, 7) is 4.39. The zero-order valence-electron chi connectivity index (χ0n) is 14.4. The van der Waals surface area contributed by atoms with Crippen LogP contribution in [-0.4, -0.2) is 15.7 Å². The molecule has 0 radical (unpaired) electrons. The van der Waals surface area contributed by atoms with Gasteiger partial charge < -0.3 is 10.1 Å². The predicted octanol–water partition coefficient (Wildman–Crippen LogP) is 4.04. The second-order valence-corrected chi connectivity index (χ2v) is 5.86. The number of nitrogens with zero attached hydrogens (tertiary/aromatic N) is 2. The van der Waals surface area contributed by atoms with Gasteiger partial charge in [0.2, 0.25) is 0 Å². The lowest BCUT2D eigenvalue weighted by molar-refractivity contribution is 0.102. The van der Waals surface area contributed by atoms with E-state index in [0.717, 1.165) is 17.7 Å². The molecule has 0 aliphatic carbocycles. The Bertz CT molecular complexity index is 836. The monoisotopic (exact) mass is 335 g/mol. The summed E-state index contributed by atoms with van der Waals surface area (Å²) >= 11 is 0. The molecule has 0 unspecified atom stereocenters. The van der Waals surface area contributed by atoms with Crippen LogP contribution in [0.1, 0.15) is 28.4 Å². The summed E-state index contributed by atoms with van der Waals surface area (Å²) in [6.07, 6.45) is 4.35. The first-order chi connectivity index (χ1) is 12.1. The van der Waals surface area contributed by atoms with Crippen molar-refractivity contribution in [2.24, 2.45) is 0 Å². The highest BCUT2D eigenvalue weighted by molar-refractivity contribution is 6.04. The van der Waals surface area contributed by atoms with E-state index < -0.39 is 0 Å². The highest BCUT2D eigenvalue weighted by atomic mass is 16.5. The predicted molar refractivity (Wildman–Crippen MR) is 97.8 cm³/mol. The molecule has 0 saturated heterocycles. The number of hydrogen-bond acceptors (Lipinski definition) is 3. The SMILES string of the molecule is CCc1ccc(OCn2cc(NC(=O)c3ccc(C)cc3)cn2)cc1. The zero-order valence-corrected chi connectivity index (χ0v) is 14.4. The molecule has 1 aromatic heterocycles. The lowest BCUT2D eigenvalue weighted by Crippen LogP contribution is -2.11. The van der Waals surface area contributed by atoms with Gasteiger partial charge in [0, 0.05) is 5.56 Å². The van der Waals surface area contributed by atoms with Gasteiger partial charge in [-0.2, -0.15) is 5.10 Å². The van der Waals surface area contributed by atoms with Crippen LogP contribution in [0.3, 0.4) is 0 Å². The van der Waals surface area contributed by atoms with Crippen LogP contribution in [0, 0.1) is 6.92 Å². The Labute approximate surface area is 147 Å². The van der Waals surface area contributed by atoms with Crippen molar-refractivity contribution in [1.82, 2.24) is 9.78 Å². The van der Waals surface area contributed by atoms with Crippen LogP contribution >= 0.6 is 0 Å². The van der Waals surface area contributed by atoms with Gasteiger partial charge in [-0.25, -0.2) is 4.68 Å². The van der Waals surface area contributed by atoms with Gasteiger partial charge in [-0.3, -0.25) is 4.79 Å². The van der Waals surface area contributed by atoms with Crippen LogP contribution in [0.25, 0.3) is 0 Å². The Kier molecular flexibility index (Phi) is 5.14. The van der Waals surface area contributed by atoms with Crippen molar-refractivity contribution in [2.45, 2.75) is 27.0 Å². The Hall–Kier alpha value is -3.08. The molecule has 5 nitrogen and oxygen atoms in total. The molecule has 0 spiro atoms. The molecule has 3 aromatic rings. The average Bonchev–Trinajstić information content (AvgIpc) is 3.08. The van der Waals surface area contributed by atoms with Gasteiger partial charge in [-0.15, -0.1) is 0 Å². The van der Waals surface area contributed by atoms with Gasteiger partial charge in [0.25, 0.3) is 5.91 Å². The van der Waals surface area contributed by atoms with E-state index in [1.165, 1.54) is 5.56 Å². The third kappa shape index (κ3) is 4.47. The fraction of sp³-hybridized carbons (Fsp3) is 0.200. The molecular formula is C20H21N3O2. The van der Waals surface area contributed by atoms with E-state index in [1.807, 2.05) is 43.3 Å². The molecule has 1 amide bonds. The summed E-state index contributed by atoms with van der Waals surface area (Å²) in [4.78, 5) is 12.2. The maximum atomic E-state index is 12.2. The number of ether oxygens (including phenoxy) is 1. The lowest BCUT2D eigenvalue weighted by atomic mass is 10.1. The standard InChI is InChI=1S/C20H21N3O2/c1-3-16-6-10-19(11-7-16)25-14-23-13-18(12-21-23)22-20(24)17-8-4-15(2)5-9-17/h4-13H,3,14H2,1-2H3,(H,22,24). The molecule has 5 heteroatoms. The molecule has 0 atom stereocenters. The number of aryl methyl sites for hydroxylation is 2. The van der Waals surface area contributed by atoms with Crippen molar-refractivity contribution < 1.29 is 9.53 Å². The number of anilines is 1. The van der Waals surface area contributed by atoms with Crippen LogP contribution in [0.5, 0.6) is 5.75 Å². The van der Waals surface area contributed by atoms with E-state index in [4.69, 9.17) is 4.74 Å². The van der Waals surface area contributed by atoms with Crippen molar-refractivity contribution in [3.05, 3.63) is 77.6 Å². The van der Waals surface area contributed by atoms with Gasteiger partial charge in [0.15, 0.2) is 6.73 Å². The number of aromatic nitrogens is 2. The molecule has 1 heterocycles. The van der Waals surface area contributed by atoms with Crippen molar-refractivity contribution >= 4 is 11.6 Å². The van der Waals surface area contributed by atoms with Crippen molar-refractivity contribution in [2.75, 3.05) is 5.32 Å². The van der Waals surface area contributed by atoms with Crippen LogP contribution in [-0.2, 0) is 13.2 Å². The summed E-state index contributed by atoms with van der Waals surface area (Å²) in [5, 5.41) is 7.04. The van der Waals surface area contributed by atoms with Crippen molar-refractivity contribution in [1.29, 1.82) is 0 Å². The molecule has 25 heavy (non-hydrogen) atoms. The van der Waals surface area contributed by atoms with Crippen LogP contribution in [0.2, 0.25) is 0 Å². The maximum Gasteiger partial charge on any atom is 0.255 e. The number of hydrogen-bond donors (Lipinski definition) is 1. The smallest absolute Gasteiger partial charge is 0.255 e. The summed E-state index contributed by atoms with van der Waals surface area (Å²) in [5.41, 5.74) is 3.64. The normalized spacial score (nSPS) is 10.5. The van der Waals surface area contributed by atoms with Crippen molar-refractivity contribution in [3.8, 4) is 5.75 Å². The number of nitrogens with one attached hydrogen (secondary N) is 1. The second-order valence-electron chi connectivity index (χ2n) is 5.86. The number of rotatable bonds is 6. The first kappa shape index (κ1) is 16.8. The minimum atomic E-state index is -0.157. The number of carbonyl (C=O) groups excluding carboxylic acids is 1. The van der Waals surface area contributed by atoms with Crippen molar-refractivity contribution in [3.63, 3.8) is 0 Å². The van der Waals surface area contributed by atoms with E-state index in [1.54, 1.807) is 29.2 Å². The third-order valence-corrected chi connectivity index (χ3v) is 3.90. The second kappa shape index (κ2) is 7.66. The number of carbonyl (C=O) groups is 1. The summed E-state index contributed by atoms with van der Waals surface area (Å²) in [7, 11) is 0. The summed E-state index contributed by atoms with van der Waals surface area (Å²) < 4.78 is 7.33. The Morgan fingerprint density at radius 3 is 2.52 bits per heavy atom. The van der Waals surface area contributed by atoms with Gasteiger partial charge in [-0.05, 0) is 43.2 Å². The first-order valence-corrected chi connectivity index (χ1v) is 8.26. The van der Waals surface area contributed by atoms with Crippen LogP contribution in [0.4, 0.5) is 5.69 Å². The molecule has 128 valence electrons. The van der Waals surface area contributed by atoms with Crippen LogP contribution in [0.15, 0.2) is 60.9 Å². The summed E-state index contributed by atoms with van der Waals surface area (Å²) in [5.74, 6) is 0.633. The third-order valence-electron chi connectivity index (χ3n) is 3.90. The topological polar surface area (TPSA) is 56.1 Å². The van der Waals surface area contributed by atoms with E-state index in [0.29, 0.717) is 11.3 Å². The largest absolute Gasteiger partial charge is 0.471 e. The molecule has 2 aromatic carbocycles. The highest BCUT2D eigenvalue weighted by Crippen LogP contribution is 2.14. The molecule has 0 aliphatic heterocycles. The molecule has 0 bridgehead atoms. The van der Waals surface area contributed by atoms with Gasteiger partial charge in [-0.1, -0.05) is 36.8 Å². The lowest BCUT2D eigenvalue weighted by Gasteiger charge is -2.06. The fourth-order valence-corrected chi connectivity index (χ4v) is 2.37. The van der Waals surface area contributed by atoms with E-state index >= 15 is 0 Å². The Morgan fingerprint density at radius 1 is 1.12 bits per heavy atom. The van der Waals surface area contributed by atoms with Gasteiger partial charge >= 0.3 is 0 Å². The zero-order chi connectivity index (χ0) is 17.6. The van der Waals surface area contributed by atoms with E-state index in [-0.39, 0.29) is 12.6 Å². The fourth-order valence-electron chi connectivity index (χ4n) is 2.37. The summed E-state index contributed by atoms with van der Waals surface area (Å²) in [6, 6.07) is 15.4. The molecule has 3 rings (SSSR count). The minimum absolute atomic E-state index is 0.157. The first-order valence-electron chi connectivity index (χ1n) is 8.26. The Balaban J connectivity index is 1.56. The van der Waals surface area contributed by atoms with Crippen LogP contribution < -0.4 is 10.1 Å². The average molecular weight is 335 g/mol. The quantitative estimate of drug-likeness (QED) is 0.739. The van der Waals surface area contributed by atoms with Gasteiger partial charge in [0.05, 0.1) is 18.1 Å². The maximum absolute atomic E-state index is 12.2.